The van der Waals surface area contributed by atoms with Gasteiger partial charge in [0, 0.05) is 24.9 Å². The fourth-order valence-electron chi connectivity index (χ4n) is 1.58. The fourth-order valence-corrected chi connectivity index (χ4v) is 1.58. The van der Waals surface area contributed by atoms with Gasteiger partial charge in [0.2, 0.25) is 0 Å². The highest BCUT2D eigenvalue weighted by Gasteiger charge is 2.07. The van der Waals surface area contributed by atoms with Gasteiger partial charge in [-0.2, -0.15) is 0 Å². The van der Waals surface area contributed by atoms with Crippen molar-refractivity contribution in [2.24, 2.45) is 0 Å². The molecule has 0 fully saturated rings. The van der Waals surface area contributed by atoms with E-state index in [4.69, 9.17) is 14.2 Å². The lowest BCUT2D eigenvalue weighted by atomic mass is 10.2. The minimum absolute atomic E-state index is 0.280. The van der Waals surface area contributed by atoms with Crippen LogP contribution in [0.2, 0.25) is 0 Å². The average molecular weight is 282 g/mol. The monoisotopic (exact) mass is 282 g/mol. The van der Waals surface area contributed by atoms with E-state index >= 15 is 0 Å². The summed E-state index contributed by atoms with van der Waals surface area (Å²) in [5.41, 5.74) is 0.642. The van der Waals surface area contributed by atoms with E-state index in [0.29, 0.717) is 43.6 Å². The van der Waals surface area contributed by atoms with Gasteiger partial charge < -0.3 is 24.8 Å². The number of urea groups is 1. The number of hydrogen-bond donors (Lipinski definition) is 2. The van der Waals surface area contributed by atoms with E-state index in [2.05, 4.69) is 10.6 Å². The second-order valence-electron chi connectivity index (χ2n) is 3.88. The topological polar surface area (TPSA) is 68.8 Å². The van der Waals surface area contributed by atoms with Crippen LogP contribution in [0.4, 0.5) is 10.5 Å². The molecule has 20 heavy (non-hydrogen) atoms. The van der Waals surface area contributed by atoms with Crippen LogP contribution in [-0.2, 0) is 4.74 Å². The molecule has 0 atom stereocenters. The first kappa shape index (κ1) is 16.1. The SMILES string of the molecule is CCOCCNC(=O)Nc1ccc(OC)c(OCC)c1. The molecular weight excluding hydrogens is 260 g/mol. The number of carbonyl (C=O) groups excluding carboxylic acids is 1. The third kappa shape index (κ3) is 5.36. The normalized spacial score (nSPS) is 9.95. The van der Waals surface area contributed by atoms with Crippen LogP contribution < -0.4 is 20.1 Å². The van der Waals surface area contributed by atoms with Gasteiger partial charge >= 0.3 is 6.03 Å². The molecule has 0 aliphatic rings. The molecule has 2 N–H and O–H groups in total. The highest BCUT2D eigenvalue weighted by molar-refractivity contribution is 5.89. The number of rotatable bonds is 8. The third-order valence-electron chi connectivity index (χ3n) is 2.46. The smallest absolute Gasteiger partial charge is 0.319 e. The summed E-state index contributed by atoms with van der Waals surface area (Å²) in [6.45, 7) is 5.93. The van der Waals surface area contributed by atoms with Gasteiger partial charge in [-0.25, -0.2) is 4.79 Å². The van der Waals surface area contributed by atoms with Gasteiger partial charge in [0.15, 0.2) is 11.5 Å². The number of benzene rings is 1. The first-order valence-corrected chi connectivity index (χ1v) is 6.64. The van der Waals surface area contributed by atoms with Crippen LogP contribution in [0.15, 0.2) is 18.2 Å². The largest absolute Gasteiger partial charge is 0.493 e. The number of carbonyl (C=O) groups is 1. The van der Waals surface area contributed by atoms with Crippen molar-refractivity contribution in [1.82, 2.24) is 5.32 Å². The molecule has 0 aliphatic carbocycles. The summed E-state index contributed by atoms with van der Waals surface area (Å²) in [4.78, 5) is 11.6. The molecule has 0 heterocycles. The Balaban J connectivity index is 2.54. The molecule has 1 aromatic rings. The van der Waals surface area contributed by atoms with Crippen LogP contribution in [0.1, 0.15) is 13.8 Å². The molecule has 0 bridgehead atoms. The Morgan fingerprint density at radius 1 is 1.20 bits per heavy atom. The van der Waals surface area contributed by atoms with Crippen molar-refractivity contribution in [3.05, 3.63) is 18.2 Å². The number of amides is 2. The highest BCUT2D eigenvalue weighted by atomic mass is 16.5. The zero-order valence-corrected chi connectivity index (χ0v) is 12.2. The third-order valence-corrected chi connectivity index (χ3v) is 2.46. The Kier molecular flexibility index (Phi) is 7.27. The molecule has 0 aliphatic heterocycles. The maximum Gasteiger partial charge on any atom is 0.319 e. The molecule has 112 valence electrons. The molecule has 6 heteroatoms. The molecule has 0 aromatic heterocycles. The standard InChI is InChI=1S/C14H22N2O4/c1-4-19-9-8-15-14(17)16-11-6-7-12(18-3)13(10-11)20-5-2/h6-7,10H,4-5,8-9H2,1-3H3,(H2,15,16,17). The first-order valence-electron chi connectivity index (χ1n) is 6.64. The number of anilines is 1. The van der Waals surface area contributed by atoms with E-state index in [0.717, 1.165) is 0 Å². The van der Waals surface area contributed by atoms with Crippen LogP contribution in [0.5, 0.6) is 11.5 Å². The van der Waals surface area contributed by atoms with Crippen LogP contribution in [0, 0.1) is 0 Å². The van der Waals surface area contributed by atoms with Crippen molar-refractivity contribution >= 4 is 11.7 Å². The fraction of sp³-hybridized carbons (Fsp3) is 0.500. The Labute approximate surface area is 119 Å². The molecule has 1 aromatic carbocycles. The molecule has 6 nitrogen and oxygen atoms in total. The van der Waals surface area contributed by atoms with Gasteiger partial charge in [0.05, 0.1) is 20.3 Å². The Morgan fingerprint density at radius 2 is 2.00 bits per heavy atom. The minimum Gasteiger partial charge on any atom is -0.493 e. The summed E-state index contributed by atoms with van der Waals surface area (Å²) in [6.07, 6.45) is 0. The molecular formula is C14H22N2O4. The van der Waals surface area contributed by atoms with Crippen molar-refractivity contribution in [1.29, 1.82) is 0 Å². The van der Waals surface area contributed by atoms with Gasteiger partial charge in [-0.15, -0.1) is 0 Å². The van der Waals surface area contributed by atoms with Crippen molar-refractivity contribution in [2.45, 2.75) is 13.8 Å². The van der Waals surface area contributed by atoms with E-state index in [1.807, 2.05) is 13.8 Å². The van der Waals surface area contributed by atoms with Gasteiger partial charge in [-0.05, 0) is 26.0 Å². The number of methoxy groups -OCH3 is 1. The summed E-state index contributed by atoms with van der Waals surface area (Å²) < 4.78 is 15.8. The van der Waals surface area contributed by atoms with Crippen molar-refractivity contribution in [3.63, 3.8) is 0 Å². The van der Waals surface area contributed by atoms with Crippen LogP contribution in [-0.4, -0.2) is 39.5 Å². The van der Waals surface area contributed by atoms with Gasteiger partial charge in [0.25, 0.3) is 0 Å². The summed E-state index contributed by atoms with van der Waals surface area (Å²) >= 11 is 0. The van der Waals surface area contributed by atoms with E-state index in [1.54, 1.807) is 25.3 Å². The molecule has 0 saturated heterocycles. The van der Waals surface area contributed by atoms with E-state index in [-0.39, 0.29) is 6.03 Å². The summed E-state index contributed by atoms with van der Waals surface area (Å²) in [5.74, 6) is 1.23. The maximum atomic E-state index is 11.6. The van der Waals surface area contributed by atoms with E-state index in [1.165, 1.54) is 0 Å². The number of hydrogen-bond acceptors (Lipinski definition) is 4. The zero-order chi connectivity index (χ0) is 14.8. The van der Waals surface area contributed by atoms with Crippen LogP contribution >= 0.6 is 0 Å². The van der Waals surface area contributed by atoms with Crippen LogP contribution in [0.25, 0.3) is 0 Å². The molecule has 1 rings (SSSR count). The van der Waals surface area contributed by atoms with Gasteiger partial charge in [0.1, 0.15) is 0 Å². The van der Waals surface area contributed by atoms with Crippen molar-refractivity contribution < 1.29 is 19.0 Å². The maximum absolute atomic E-state index is 11.6. The lowest BCUT2D eigenvalue weighted by molar-refractivity contribution is 0.150. The molecule has 0 radical (unpaired) electrons. The van der Waals surface area contributed by atoms with Crippen LogP contribution in [0.3, 0.4) is 0 Å². The number of ether oxygens (including phenoxy) is 3. The van der Waals surface area contributed by atoms with E-state index in [9.17, 15) is 4.79 Å². The molecule has 2 amide bonds. The average Bonchev–Trinajstić information content (AvgIpc) is 2.44. The predicted molar refractivity (Wildman–Crippen MR) is 77.7 cm³/mol. The van der Waals surface area contributed by atoms with Gasteiger partial charge in [-0.1, -0.05) is 0 Å². The second-order valence-corrected chi connectivity index (χ2v) is 3.88. The Morgan fingerprint density at radius 3 is 2.65 bits per heavy atom. The van der Waals surface area contributed by atoms with Crippen molar-refractivity contribution in [3.8, 4) is 11.5 Å². The molecule has 0 spiro atoms. The first-order chi connectivity index (χ1) is 9.71. The predicted octanol–water partition coefficient (Wildman–Crippen LogP) is 2.25. The summed E-state index contributed by atoms with van der Waals surface area (Å²) in [6, 6.07) is 4.95. The van der Waals surface area contributed by atoms with Crippen molar-refractivity contribution in [2.75, 3.05) is 38.8 Å². The lowest BCUT2D eigenvalue weighted by Crippen LogP contribution is -2.31. The molecule has 0 unspecified atom stereocenters. The second kappa shape index (κ2) is 9.03. The highest BCUT2D eigenvalue weighted by Crippen LogP contribution is 2.30. The summed E-state index contributed by atoms with van der Waals surface area (Å²) in [5, 5.41) is 5.43. The quantitative estimate of drug-likeness (QED) is 0.718. The van der Waals surface area contributed by atoms with E-state index < -0.39 is 0 Å². The summed E-state index contributed by atoms with van der Waals surface area (Å²) in [7, 11) is 1.57. The minimum atomic E-state index is -0.280. The van der Waals surface area contributed by atoms with Gasteiger partial charge in [-0.3, -0.25) is 0 Å². The molecule has 0 saturated carbocycles. The lowest BCUT2D eigenvalue weighted by Gasteiger charge is -2.12. The zero-order valence-electron chi connectivity index (χ0n) is 12.2. The number of nitrogens with one attached hydrogen (secondary N) is 2. The Bertz CT molecular complexity index is 424. The Hall–Kier alpha value is -1.95.